The maximum atomic E-state index is 11.3. The topological polar surface area (TPSA) is 51.5 Å². The van der Waals surface area contributed by atoms with Gasteiger partial charge in [-0.2, -0.15) is 0 Å². The second-order valence-corrected chi connectivity index (χ2v) is 5.54. The molecule has 0 aromatic carbocycles. The van der Waals surface area contributed by atoms with E-state index in [0.29, 0.717) is 6.04 Å². The van der Waals surface area contributed by atoms with Crippen LogP contribution < -0.4 is 5.32 Å². The number of methoxy groups -OCH3 is 1. The van der Waals surface area contributed by atoms with E-state index < -0.39 is 5.97 Å². The Morgan fingerprint density at radius 3 is 2.68 bits per heavy atom. The van der Waals surface area contributed by atoms with Gasteiger partial charge in [0.25, 0.3) is 0 Å². The smallest absolute Gasteiger partial charge is 0.373 e. The van der Waals surface area contributed by atoms with Crippen LogP contribution in [0, 0.1) is 5.92 Å². The zero-order valence-corrected chi connectivity index (χ0v) is 11.9. The lowest BCUT2D eigenvalue weighted by atomic mass is 9.87. The molecule has 1 heterocycles. The van der Waals surface area contributed by atoms with Crippen molar-refractivity contribution in [1.29, 1.82) is 0 Å². The van der Waals surface area contributed by atoms with Gasteiger partial charge in [-0.05, 0) is 50.7 Å². The summed E-state index contributed by atoms with van der Waals surface area (Å²) in [5.41, 5.74) is 0. The maximum absolute atomic E-state index is 11.3. The number of rotatable bonds is 4. The minimum Gasteiger partial charge on any atom is -0.463 e. The summed E-state index contributed by atoms with van der Waals surface area (Å²) in [6, 6.07) is 4.19. The molecule has 0 aliphatic heterocycles. The van der Waals surface area contributed by atoms with Gasteiger partial charge in [-0.1, -0.05) is 6.92 Å². The van der Waals surface area contributed by atoms with Crippen LogP contribution in [0.3, 0.4) is 0 Å². The normalized spacial score (nSPS) is 25.0. The third-order valence-electron chi connectivity index (χ3n) is 3.94. The lowest BCUT2D eigenvalue weighted by Gasteiger charge is -2.29. The summed E-state index contributed by atoms with van der Waals surface area (Å²) in [6.45, 7) is 4.38. The van der Waals surface area contributed by atoms with E-state index in [-0.39, 0.29) is 11.8 Å². The number of hydrogen-bond acceptors (Lipinski definition) is 4. The Bertz CT molecular complexity index is 419. The summed E-state index contributed by atoms with van der Waals surface area (Å²) in [4.78, 5) is 11.3. The van der Waals surface area contributed by atoms with Gasteiger partial charge in [-0.15, -0.1) is 0 Å². The van der Waals surface area contributed by atoms with Gasteiger partial charge in [0, 0.05) is 6.04 Å². The van der Waals surface area contributed by atoms with Crippen LogP contribution in [-0.4, -0.2) is 19.1 Å². The number of carbonyl (C=O) groups is 1. The van der Waals surface area contributed by atoms with Crippen LogP contribution in [0.1, 0.15) is 61.9 Å². The molecule has 1 saturated carbocycles. The Morgan fingerprint density at radius 2 is 2.05 bits per heavy atom. The summed E-state index contributed by atoms with van der Waals surface area (Å²) in [5.74, 6) is 1.48. The zero-order chi connectivity index (χ0) is 13.8. The monoisotopic (exact) mass is 265 g/mol. The van der Waals surface area contributed by atoms with Crippen molar-refractivity contribution in [2.24, 2.45) is 5.92 Å². The van der Waals surface area contributed by atoms with Crippen LogP contribution in [0.15, 0.2) is 16.5 Å². The highest BCUT2D eigenvalue weighted by atomic mass is 16.5. The second-order valence-electron chi connectivity index (χ2n) is 5.54. The van der Waals surface area contributed by atoms with Crippen molar-refractivity contribution in [3.8, 4) is 0 Å². The van der Waals surface area contributed by atoms with E-state index in [1.165, 1.54) is 32.8 Å². The Kier molecular flexibility index (Phi) is 4.64. The third kappa shape index (κ3) is 3.60. The fourth-order valence-corrected chi connectivity index (χ4v) is 2.66. The SMILES string of the molecule is COC(=O)c1ccc(C(C)NC2CCC(C)CC2)o1. The zero-order valence-electron chi connectivity index (χ0n) is 11.9. The maximum Gasteiger partial charge on any atom is 0.373 e. The fourth-order valence-electron chi connectivity index (χ4n) is 2.66. The van der Waals surface area contributed by atoms with Crippen LogP contribution in [0.4, 0.5) is 0 Å². The molecule has 1 N–H and O–H groups in total. The molecule has 1 fully saturated rings. The lowest BCUT2D eigenvalue weighted by Crippen LogP contribution is -2.34. The number of esters is 1. The van der Waals surface area contributed by atoms with Crippen LogP contribution in [-0.2, 0) is 4.74 Å². The number of hydrogen-bond donors (Lipinski definition) is 1. The van der Waals surface area contributed by atoms with Gasteiger partial charge in [0.05, 0.1) is 13.2 Å². The predicted octanol–water partition coefficient (Wildman–Crippen LogP) is 3.30. The van der Waals surface area contributed by atoms with E-state index in [4.69, 9.17) is 4.42 Å². The number of carbonyl (C=O) groups excluding carboxylic acids is 1. The molecule has 1 aromatic rings. The van der Waals surface area contributed by atoms with Crippen LogP contribution in [0.5, 0.6) is 0 Å². The molecule has 2 rings (SSSR count). The van der Waals surface area contributed by atoms with E-state index in [9.17, 15) is 4.79 Å². The van der Waals surface area contributed by atoms with Crippen molar-refractivity contribution in [3.05, 3.63) is 23.7 Å². The number of ether oxygens (including phenoxy) is 1. The summed E-state index contributed by atoms with van der Waals surface area (Å²) < 4.78 is 10.2. The highest BCUT2D eigenvalue weighted by Crippen LogP contribution is 2.26. The molecule has 0 spiro atoms. The first-order chi connectivity index (χ1) is 9.10. The molecule has 1 atom stereocenters. The number of nitrogens with one attached hydrogen (secondary N) is 1. The molecule has 1 aromatic heterocycles. The van der Waals surface area contributed by atoms with Crippen molar-refractivity contribution in [2.45, 2.75) is 51.6 Å². The lowest BCUT2D eigenvalue weighted by molar-refractivity contribution is 0.0562. The molecular formula is C15H23NO3. The minimum atomic E-state index is -0.426. The first kappa shape index (κ1) is 14.1. The largest absolute Gasteiger partial charge is 0.463 e. The molecule has 4 heteroatoms. The number of furan rings is 1. The molecule has 1 aliphatic carbocycles. The molecule has 1 unspecified atom stereocenters. The van der Waals surface area contributed by atoms with Gasteiger partial charge in [0.2, 0.25) is 5.76 Å². The first-order valence-corrected chi connectivity index (χ1v) is 7.04. The van der Waals surface area contributed by atoms with Crippen LogP contribution in [0.2, 0.25) is 0 Å². The van der Waals surface area contributed by atoms with Crippen LogP contribution in [0.25, 0.3) is 0 Å². The highest BCUT2D eigenvalue weighted by Gasteiger charge is 2.22. The van der Waals surface area contributed by atoms with Gasteiger partial charge in [-0.3, -0.25) is 0 Å². The quantitative estimate of drug-likeness (QED) is 0.849. The minimum absolute atomic E-state index is 0.122. The Balaban J connectivity index is 1.90. The molecule has 4 nitrogen and oxygen atoms in total. The van der Waals surface area contributed by atoms with E-state index in [1.54, 1.807) is 6.07 Å². The van der Waals surface area contributed by atoms with Gasteiger partial charge in [0.1, 0.15) is 5.76 Å². The second kappa shape index (κ2) is 6.24. The summed E-state index contributed by atoms with van der Waals surface area (Å²) in [6.07, 6.45) is 5.01. The van der Waals surface area contributed by atoms with Crippen molar-refractivity contribution >= 4 is 5.97 Å². The summed E-state index contributed by atoms with van der Waals surface area (Å²) in [7, 11) is 1.36. The third-order valence-corrected chi connectivity index (χ3v) is 3.94. The van der Waals surface area contributed by atoms with Gasteiger partial charge >= 0.3 is 5.97 Å². The van der Waals surface area contributed by atoms with Crippen LogP contribution >= 0.6 is 0 Å². The predicted molar refractivity (Wildman–Crippen MR) is 73.0 cm³/mol. The fraction of sp³-hybridized carbons (Fsp3) is 0.667. The molecule has 0 amide bonds. The molecular weight excluding hydrogens is 242 g/mol. The molecule has 0 saturated heterocycles. The Hall–Kier alpha value is -1.29. The average molecular weight is 265 g/mol. The van der Waals surface area contributed by atoms with E-state index in [1.807, 2.05) is 6.07 Å². The Labute approximate surface area is 114 Å². The van der Waals surface area contributed by atoms with Crippen molar-refractivity contribution in [3.63, 3.8) is 0 Å². The van der Waals surface area contributed by atoms with Crippen molar-refractivity contribution in [1.82, 2.24) is 5.32 Å². The van der Waals surface area contributed by atoms with Crippen molar-refractivity contribution < 1.29 is 13.9 Å². The van der Waals surface area contributed by atoms with Gasteiger partial charge in [0.15, 0.2) is 0 Å². The van der Waals surface area contributed by atoms with Gasteiger partial charge in [-0.25, -0.2) is 4.79 Å². The van der Waals surface area contributed by atoms with E-state index in [0.717, 1.165) is 11.7 Å². The molecule has 0 bridgehead atoms. The van der Waals surface area contributed by atoms with E-state index >= 15 is 0 Å². The molecule has 106 valence electrons. The molecule has 19 heavy (non-hydrogen) atoms. The van der Waals surface area contributed by atoms with Crippen molar-refractivity contribution in [2.75, 3.05) is 7.11 Å². The highest BCUT2D eigenvalue weighted by molar-refractivity contribution is 5.86. The summed E-state index contributed by atoms with van der Waals surface area (Å²) >= 11 is 0. The van der Waals surface area contributed by atoms with E-state index in [2.05, 4.69) is 23.9 Å². The van der Waals surface area contributed by atoms with Gasteiger partial charge < -0.3 is 14.5 Å². The first-order valence-electron chi connectivity index (χ1n) is 7.04. The Morgan fingerprint density at radius 1 is 1.37 bits per heavy atom. The standard InChI is InChI=1S/C15H23NO3/c1-10-4-6-12(7-5-10)16-11(2)13-8-9-14(19-13)15(17)18-3/h8-12,16H,4-7H2,1-3H3. The molecule has 1 aliphatic rings. The summed E-state index contributed by atoms with van der Waals surface area (Å²) in [5, 5.41) is 3.58. The average Bonchev–Trinajstić information content (AvgIpc) is 2.90. The molecule has 0 radical (unpaired) electrons.